The van der Waals surface area contributed by atoms with Gasteiger partial charge in [-0.2, -0.15) is 0 Å². The molecule has 0 amide bonds. The molecule has 0 bridgehead atoms. The molecule has 0 saturated carbocycles. The van der Waals surface area contributed by atoms with Crippen LogP contribution in [0.5, 0.6) is 0 Å². The Labute approximate surface area is 96.8 Å². The molecule has 78 valence electrons. The van der Waals surface area contributed by atoms with Gasteiger partial charge in [-0.25, -0.2) is 0 Å². The molecule has 0 fully saturated rings. The van der Waals surface area contributed by atoms with Gasteiger partial charge < -0.3 is 10.8 Å². The average molecular weight is 281 g/mol. The van der Waals surface area contributed by atoms with Gasteiger partial charge in [0.15, 0.2) is 0 Å². The van der Waals surface area contributed by atoms with Gasteiger partial charge in [-0.15, -0.1) is 12.4 Å². The summed E-state index contributed by atoms with van der Waals surface area (Å²) in [6.07, 6.45) is -0.0400. The molecule has 0 aliphatic carbocycles. The first kappa shape index (κ1) is 13.4. The van der Waals surface area contributed by atoms with Crippen LogP contribution in [-0.2, 0) is 4.79 Å². The number of halogens is 2. The molecule has 1 aromatic carbocycles. The van der Waals surface area contributed by atoms with Crippen LogP contribution in [0.3, 0.4) is 0 Å². The fourth-order valence-corrected chi connectivity index (χ4v) is 1.28. The predicted molar refractivity (Wildman–Crippen MR) is 60.6 cm³/mol. The molecule has 0 aliphatic rings. The van der Waals surface area contributed by atoms with Crippen LogP contribution in [0.15, 0.2) is 28.7 Å². The third kappa shape index (κ3) is 4.09. The van der Waals surface area contributed by atoms with Crippen molar-refractivity contribution < 1.29 is 9.90 Å². The van der Waals surface area contributed by atoms with Crippen LogP contribution in [0.4, 0.5) is 0 Å². The van der Waals surface area contributed by atoms with Crippen LogP contribution in [0, 0.1) is 0 Å². The minimum atomic E-state index is -0.879. The molecule has 0 radical (unpaired) electrons. The SMILES string of the molecule is Cl.N[C@@H](CC(=O)O)c1ccc(Br)cc1. The summed E-state index contributed by atoms with van der Waals surface area (Å²) in [4.78, 5) is 10.4. The van der Waals surface area contributed by atoms with Crippen molar-refractivity contribution in [1.29, 1.82) is 0 Å². The number of aliphatic carboxylic acids is 1. The van der Waals surface area contributed by atoms with Crippen LogP contribution < -0.4 is 5.73 Å². The highest BCUT2D eigenvalue weighted by Crippen LogP contribution is 2.17. The van der Waals surface area contributed by atoms with Crippen molar-refractivity contribution >= 4 is 34.3 Å². The Hall–Kier alpha value is -0.580. The van der Waals surface area contributed by atoms with Gasteiger partial charge in [-0.1, -0.05) is 28.1 Å². The third-order valence-corrected chi connectivity index (χ3v) is 2.22. The van der Waals surface area contributed by atoms with Gasteiger partial charge in [-0.05, 0) is 17.7 Å². The first-order chi connectivity index (χ1) is 6.09. The number of carboxylic acid groups (broad SMARTS) is 1. The second kappa shape index (κ2) is 6.01. The molecule has 0 saturated heterocycles. The number of nitrogens with two attached hydrogens (primary N) is 1. The van der Waals surface area contributed by atoms with Gasteiger partial charge in [0, 0.05) is 10.5 Å². The van der Waals surface area contributed by atoms with Crippen LogP contribution in [0.25, 0.3) is 0 Å². The molecule has 3 nitrogen and oxygen atoms in total. The van der Waals surface area contributed by atoms with E-state index in [2.05, 4.69) is 15.9 Å². The maximum absolute atomic E-state index is 10.4. The topological polar surface area (TPSA) is 63.3 Å². The number of hydrogen-bond donors (Lipinski definition) is 2. The van der Waals surface area contributed by atoms with Crippen molar-refractivity contribution in [1.82, 2.24) is 0 Å². The highest BCUT2D eigenvalue weighted by atomic mass is 79.9. The van der Waals surface area contributed by atoms with E-state index in [4.69, 9.17) is 10.8 Å². The molecule has 1 atom stereocenters. The Morgan fingerprint density at radius 3 is 2.36 bits per heavy atom. The standard InChI is InChI=1S/C9H10BrNO2.ClH/c10-7-3-1-6(2-4-7)8(11)5-9(12)13;/h1-4,8H,5,11H2,(H,12,13);1H/t8-;/m0./s1. The number of benzene rings is 1. The van der Waals surface area contributed by atoms with Crippen LogP contribution in [0.2, 0.25) is 0 Å². The molecule has 0 aromatic heterocycles. The monoisotopic (exact) mass is 279 g/mol. The van der Waals surface area contributed by atoms with Crippen molar-refractivity contribution in [3.63, 3.8) is 0 Å². The summed E-state index contributed by atoms with van der Waals surface area (Å²) < 4.78 is 0.957. The summed E-state index contributed by atoms with van der Waals surface area (Å²) in [5.41, 5.74) is 6.49. The van der Waals surface area contributed by atoms with Crippen molar-refractivity contribution in [2.45, 2.75) is 12.5 Å². The van der Waals surface area contributed by atoms with E-state index in [1.807, 2.05) is 24.3 Å². The quantitative estimate of drug-likeness (QED) is 0.893. The Balaban J connectivity index is 0.00000169. The summed E-state index contributed by atoms with van der Waals surface area (Å²) >= 11 is 3.29. The van der Waals surface area contributed by atoms with Crippen LogP contribution >= 0.6 is 28.3 Å². The highest BCUT2D eigenvalue weighted by Gasteiger charge is 2.09. The van der Waals surface area contributed by atoms with E-state index in [1.165, 1.54) is 0 Å². The molecule has 3 N–H and O–H groups in total. The lowest BCUT2D eigenvalue weighted by molar-refractivity contribution is -0.137. The van der Waals surface area contributed by atoms with Crippen molar-refractivity contribution in [3.8, 4) is 0 Å². The van der Waals surface area contributed by atoms with Gasteiger partial charge in [0.2, 0.25) is 0 Å². The molecular weight excluding hydrogens is 269 g/mol. The lowest BCUT2D eigenvalue weighted by atomic mass is 10.1. The van der Waals surface area contributed by atoms with Crippen molar-refractivity contribution in [2.24, 2.45) is 5.73 Å². The summed E-state index contributed by atoms with van der Waals surface area (Å²) in [5, 5.41) is 8.51. The fourth-order valence-electron chi connectivity index (χ4n) is 1.02. The Kier molecular flexibility index (Phi) is 5.76. The Morgan fingerprint density at radius 1 is 1.43 bits per heavy atom. The summed E-state index contributed by atoms with van der Waals surface area (Å²) in [5.74, 6) is -0.879. The zero-order chi connectivity index (χ0) is 9.84. The predicted octanol–water partition coefficient (Wildman–Crippen LogP) is 2.35. The fraction of sp³-hybridized carbons (Fsp3) is 0.222. The first-order valence-electron chi connectivity index (χ1n) is 3.82. The van der Waals surface area contributed by atoms with E-state index < -0.39 is 12.0 Å². The van der Waals surface area contributed by atoms with E-state index in [1.54, 1.807) is 0 Å². The van der Waals surface area contributed by atoms with Crippen molar-refractivity contribution in [2.75, 3.05) is 0 Å². The Bertz CT molecular complexity index is 302. The van der Waals surface area contributed by atoms with Gasteiger partial charge in [0.1, 0.15) is 0 Å². The number of carboxylic acids is 1. The molecule has 1 aromatic rings. The third-order valence-electron chi connectivity index (χ3n) is 1.69. The molecule has 0 unspecified atom stereocenters. The zero-order valence-corrected chi connectivity index (χ0v) is 9.72. The number of rotatable bonds is 3. The Morgan fingerprint density at radius 2 is 1.93 bits per heavy atom. The molecule has 0 spiro atoms. The lowest BCUT2D eigenvalue weighted by Crippen LogP contribution is -2.14. The molecule has 0 aliphatic heterocycles. The van der Waals surface area contributed by atoms with E-state index in [-0.39, 0.29) is 18.8 Å². The van der Waals surface area contributed by atoms with E-state index in [0.29, 0.717) is 0 Å². The van der Waals surface area contributed by atoms with Gasteiger partial charge in [0.25, 0.3) is 0 Å². The molecule has 1 rings (SSSR count). The maximum atomic E-state index is 10.4. The van der Waals surface area contributed by atoms with Crippen molar-refractivity contribution in [3.05, 3.63) is 34.3 Å². The summed E-state index contributed by atoms with van der Waals surface area (Å²) in [6, 6.07) is 6.90. The van der Waals surface area contributed by atoms with E-state index in [9.17, 15) is 4.79 Å². The zero-order valence-electron chi connectivity index (χ0n) is 7.31. The molecule has 0 heterocycles. The van der Waals surface area contributed by atoms with Crippen LogP contribution in [0.1, 0.15) is 18.0 Å². The minimum absolute atomic E-state index is 0. The summed E-state index contributed by atoms with van der Waals surface area (Å²) in [7, 11) is 0. The highest BCUT2D eigenvalue weighted by molar-refractivity contribution is 9.10. The van der Waals surface area contributed by atoms with Gasteiger partial charge >= 0.3 is 5.97 Å². The number of carbonyl (C=O) groups is 1. The largest absolute Gasteiger partial charge is 0.481 e. The lowest BCUT2D eigenvalue weighted by Gasteiger charge is -2.08. The second-order valence-electron chi connectivity index (χ2n) is 2.76. The van der Waals surface area contributed by atoms with E-state index in [0.717, 1.165) is 10.0 Å². The van der Waals surface area contributed by atoms with Gasteiger partial charge in [-0.3, -0.25) is 4.79 Å². The van der Waals surface area contributed by atoms with Crippen LogP contribution in [-0.4, -0.2) is 11.1 Å². The smallest absolute Gasteiger partial charge is 0.305 e. The summed E-state index contributed by atoms with van der Waals surface area (Å²) in [6.45, 7) is 0. The molecular formula is C9H11BrClNO2. The number of hydrogen-bond acceptors (Lipinski definition) is 2. The second-order valence-corrected chi connectivity index (χ2v) is 3.67. The first-order valence-corrected chi connectivity index (χ1v) is 4.61. The average Bonchev–Trinajstić information content (AvgIpc) is 2.04. The minimum Gasteiger partial charge on any atom is -0.481 e. The molecule has 5 heteroatoms. The van der Waals surface area contributed by atoms with Gasteiger partial charge in [0.05, 0.1) is 6.42 Å². The normalized spacial score (nSPS) is 11.6. The van der Waals surface area contributed by atoms with E-state index >= 15 is 0 Å². The molecule has 14 heavy (non-hydrogen) atoms. The maximum Gasteiger partial charge on any atom is 0.305 e.